The minimum Gasteiger partial charge on any atom is -0.341 e. The molecule has 0 bridgehead atoms. The molecular formula is C12H13F3N2O2. The third kappa shape index (κ3) is 2.97. The lowest BCUT2D eigenvalue weighted by molar-refractivity contribution is -0.139. The van der Waals surface area contributed by atoms with E-state index in [1.165, 1.54) is 6.20 Å². The molecule has 0 spiro atoms. The number of rotatable bonds is 2. The first kappa shape index (κ1) is 13.6. The molecule has 0 aliphatic carbocycles. The molecule has 1 amide bonds. The first-order valence-electron chi connectivity index (χ1n) is 5.94. The van der Waals surface area contributed by atoms with Crippen molar-refractivity contribution in [3.05, 3.63) is 34.2 Å². The van der Waals surface area contributed by atoms with Crippen LogP contribution in [0, 0.1) is 0 Å². The lowest BCUT2D eigenvalue weighted by atomic mass is 10.2. The van der Waals surface area contributed by atoms with Gasteiger partial charge in [0.25, 0.3) is 5.56 Å². The fourth-order valence-corrected chi connectivity index (χ4v) is 2.09. The quantitative estimate of drug-likeness (QED) is 0.820. The van der Waals surface area contributed by atoms with Crippen LogP contribution >= 0.6 is 0 Å². The summed E-state index contributed by atoms with van der Waals surface area (Å²) in [6.07, 6.45) is -1.71. The van der Waals surface area contributed by atoms with E-state index in [-0.39, 0.29) is 12.5 Å². The van der Waals surface area contributed by atoms with Crippen LogP contribution in [0.4, 0.5) is 13.2 Å². The zero-order valence-electron chi connectivity index (χ0n) is 10.1. The zero-order chi connectivity index (χ0) is 14.0. The first-order chi connectivity index (χ1) is 8.89. The molecule has 1 aromatic rings. The highest BCUT2D eigenvalue weighted by Crippen LogP contribution is 2.25. The number of carbonyl (C=O) groups is 1. The van der Waals surface area contributed by atoms with Gasteiger partial charge in [0.1, 0.15) is 12.1 Å². The second-order valence-electron chi connectivity index (χ2n) is 4.44. The van der Waals surface area contributed by atoms with Crippen molar-refractivity contribution in [1.82, 2.24) is 9.47 Å². The smallest absolute Gasteiger partial charge is 0.341 e. The summed E-state index contributed by atoms with van der Waals surface area (Å²) in [5, 5.41) is 0. The Labute approximate surface area is 107 Å². The van der Waals surface area contributed by atoms with Crippen molar-refractivity contribution >= 4 is 5.91 Å². The van der Waals surface area contributed by atoms with Gasteiger partial charge in [0.15, 0.2) is 0 Å². The van der Waals surface area contributed by atoms with Gasteiger partial charge in [0, 0.05) is 19.3 Å². The second kappa shape index (κ2) is 5.07. The van der Waals surface area contributed by atoms with Crippen molar-refractivity contribution in [2.75, 3.05) is 13.1 Å². The van der Waals surface area contributed by atoms with Crippen molar-refractivity contribution < 1.29 is 18.0 Å². The molecule has 1 saturated heterocycles. The van der Waals surface area contributed by atoms with E-state index in [2.05, 4.69) is 0 Å². The SMILES string of the molecule is O=C(Cn1cccc(C(F)(F)F)c1=O)N1CCCC1. The zero-order valence-corrected chi connectivity index (χ0v) is 10.1. The Morgan fingerprint density at radius 1 is 1.26 bits per heavy atom. The van der Waals surface area contributed by atoms with Crippen LogP contribution in [0.1, 0.15) is 18.4 Å². The van der Waals surface area contributed by atoms with Crippen molar-refractivity contribution in [2.45, 2.75) is 25.6 Å². The molecule has 0 N–H and O–H groups in total. The molecule has 7 heteroatoms. The summed E-state index contributed by atoms with van der Waals surface area (Å²) < 4.78 is 38.5. The average Bonchev–Trinajstić information content (AvgIpc) is 2.83. The maximum atomic E-state index is 12.6. The Morgan fingerprint density at radius 3 is 2.47 bits per heavy atom. The third-order valence-corrected chi connectivity index (χ3v) is 3.09. The number of alkyl halides is 3. The predicted octanol–water partition coefficient (Wildman–Crippen LogP) is 1.49. The summed E-state index contributed by atoms with van der Waals surface area (Å²) in [6, 6.07) is 1.85. The maximum Gasteiger partial charge on any atom is 0.421 e. The van der Waals surface area contributed by atoms with Crippen molar-refractivity contribution in [2.24, 2.45) is 0 Å². The lowest BCUT2D eigenvalue weighted by Crippen LogP contribution is -2.36. The molecule has 19 heavy (non-hydrogen) atoms. The van der Waals surface area contributed by atoms with E-state index in [1.807, 2.05) is 0 Å². The number of amides is 1. The first-order valence-corrected chi connectivity index (χ1v) is 5.94. The topological polar surface area (TPSA) is 42.3 Å². The molecule has 1 aliphatic rings. The standard InChI is InChI=1S/C12H13F3N2O2/c13-12(14,15)9-4-3-7-17(11(9)19)8-10(18)16-5-1-2-6-16/h3-4,7H,1-2,5-6,8H2. The van der Waals surface area contributed by atoms with Crippen molar-refractivity contribution in [3.8, 4) is 0 Å². The van der Waals surface area contributed by atoms with Crippen molar-refractivity contribution in [3.63, 3.8) is 0 Å². The van der Waals surface area contributed by atoms with Gasteiger partial charge < -0.3 is 9.47 Å². The minimum atomic E-state index is -4.70. The number of pyridine rings is 1. The highest BCUT2D eigenvalue weighted by Gasteiger charge is 2.34. The largest absolute Gasteiger partial charge is 0.421 e. The summed E-state index contributed by atoms with van der Waals surface area (Å²) in [7, 11) is 0. The van der Waals surface area contributed by atoms with Crippen LogP contribution < -0.4 is 5.56 Å². The molecule has 0 atom stereocenters. The number of likely N-dealkylation sites (tertiary alicyclic amines) is 1. The number of aromatic nitrogens is 1. The number of hydrogen-bond donors (Lipinski definition) is 0. The van der Waals surface area contributed by atoms with Crippen molar-refractivity contribution in [1.29, 1.82) is 0 Å². The number of nitrogens with zero attached hydrogens (tertiary/aromatic N) is 2. The van der Waals surface area contributed by atoms with E-state index in [4.69, 9.17) is 0 Å². The summed E-state index contributed by atoms with van der Waals surface area (Å²) >= 11 is 0. The molecule has 1 aromatic heterocycles. The van der Waals surface area contributed by atoms with Gasteiger partial charge in [-0.15, -0.1) is 0 Å². The average molecular weight is 274 g/mol. The third-order valence-electron chi connectivity index (χ3n) is 3.09. The molecule has 1 aliphatic heterocycles. The number of halogens is 3. The second-order valence-corrected chi connectivity index (χ2v) is 4.44. The van der Waals surface area contributed by atoms with Gasteiger partial charge in [0.2, 0.25) is 5.91 Å². The number of hydrogen-bond acceptors (Lipinski definition) is 2. The van der Waals surface area contributed by atoms with Gasteiger partial charge in [-0.2, -0.15) is 13.2 Å². The Hall–Kier alpha value is -1.79. The molecule has 104 valence electrons. The predicted molar refractivity (Wildman–Crippen MR) is 61.5 cm³/mol. The van der Waals surface area contributed by atoms with Gasteiger partial charge in [-0.25, -0.2) is 0 Å². The summed E-state index contributed by atoms with van der Waals surface area (Å²) in [6.45, 7) is 0.863. The molecule has 2 rings (SSSR count). The van der Waals surface area contributed by atoms with E-state index in [0.29, 0.717) is 13.1 Å². The minimum absolute atomic E-state index is 0.320. The molecule has 4 nitrogen and oxygen atoms in total. The molecule has 2 heterocycles. The molecule has 0 radical (unpaired) electrons. The Bertz CT molecular complexity index is 531. The molecule has 0 unspecified atom stereocenters. The van der Waals surface area contributed by atoms with E-state index in [1.54, 1.807) is 4.90 Å². The van der Waals surface area contributed by atoms with Crippen LogP contribution in [0.3, 0.4) is 0 Å². The van der Waals surface area contributed by atoms with Gasteiger partial charge in [-0.05, 0) is 25.0 Å². The van der Waals surface area contributed by atoms with Crippen LogP contribution in [0.25, 0.3) is 0 Å². The normalized spacial score (nSPS) is 15.8. The van der Waals surface area contributed by atoms with E-state index in [9.17, 15) is 22.8 Å². The van der Waals surface area contributed by atoms with Gasteiger partial charge in [0.05, 0.1) is 0 Å². The summed E-state index contributed by atoms with van der Waals surface area (Å²) in [5.41, 5.74) is -2.42. The summed E-state index contributed by atoms with van der Waals surface area (Å²) in [5.74, 6) is -0.320. The van der Waals surface area contributed by atoms with Gasteiger partial charge in [-0.1, -0.05) is 0 Å². The van der Waals surface area contributed by atoms with Crippen LogP contribution in [0.5, 0.6) is 0 Å². The molecular weight excluding hydrogens is 261 g/mol. The van der Waals surface area contributed by atoms with Crippen LogP contribution in [-0.4, -0.2) is 28.5 Å². The van der Waals surface area contributed by atoms with E-state index >= 15 is 0 Å². The van der Waals surface area contributed by atoms with E-state index < -0.39 is 17.3 Å². The van der Waals surface area contributed by atoms with Gasteiger partial charge >= 0.3 is 6.18 Å². The Kier molecular flexibility index (Phi) is 3.64. The Morgan fingerprint density at radius 2 is 1.89 bits per heavy atom. The Balaban J connectivity index is 2.21. The molecule has 0 saturated carbocycles. The van der Waals surface area contributed by atoms with Crippen LogP contribution in [0.2, 0.25) is 0 Å². The van der Waals surface area contributed by atoms with Gasteiger partial charge in [-0.3, -0.25) is 9.59 Å². The number of carbonyl (C=O) groups excluding carboxylic acids is 1. The lowest BCUT2D eigenvalue weighted by Gasteiger charge is -2.16. The van der Waals surface area contributed by atoms with E-state index in [0.717, 1.165) is 29.5 Å². The molecule has 0 aromatic carbocycles. The highest BCUT2D eigenvalue weighted by atomic mass is 19.4. The van der Waals surface area contributed by atoms with Crippen LogP contribution in [0.15, 0.2) is 23.1 Å². The fourth-order valence-electron chi connectivity index (χ4n) is 2.09. The highest BCUT2D eigenvalue weighted by molar-refractivity contribution is 5.76. The maximum absolute atomic E-state index is 12.6. The van der Waals surface area contributed by atoms with Crippen LogP contribution in [-0.2, 0) is 17.5 Å². The summed E-state index contributed by atoms with van der Waals surface area (Å²) in [4.78, 5) is 25.0. The molecule has 1 fully saturated rings. The fraction of sp³-hybridized carbons (Fsp3) is 0.500. The monoisotopic (exact) mass is 274 g/mol.